The Bertz CT molecular complexity index is 778. The van der Waals surface area contributed by atoms with Crippen LogP contribution in [0.4, 0.5) is 0 Å². The van der Waals surface area contributed by atoms with E-state index in [0.717, 1.165) is 56.0 Å². The number of hydrogen-bond acceptors (Lipinski definition) is 5. The number of morpholine rings is 1. The number of para-hydroxylation sites is 1. The molecule has 1 N–H and O–H groups in total. The van der Waals surface area contributed by atoms with Crippen molar-refractivity contribution in [2.45, 2.75) is 19.4 Å². The molecule has 1 aromatic carbocycles. The number of nitrogens with one attached hydrogen (secondary N) is 1. The van der Waals surface area contributed by atoms with Crippen LogP contribution in [0.1, 0.15) is 23.3 Å². The quantitative estimate of drug-likeness (QED) is 0.813. The van der Waals surface area contributed by atoms with E-state index in [-0.39, 0.29) is 5.91 Å². The van der Waals surface area contributed by atoms with Gasteiger partial charge >= 0.3 is 0 Å². The maximum Gasteiger partial charge on any atom is 0.272 e. The van der Waals surface area contributed by atoms with Gasteiger partial charge in [0.2, 0.25) is 0 Å². The molecule has 1 aliphatic heterocycles. The summed E-state index contributed by atoms with van der Waals surface area (Å²) in [6.45, 7) is 5.76. The van der Waals surface area contributed by atoms with Gasteiger partial charge in [0.1, 0.15) is 11.3 Å². The lowest BCUT2D eigenvalue weighted by Crippen LogP contribution is -2.38. The molecule has 0 radical (unpaired) electrons. The van der Waals surface area contributed by atoms with Gasteiger partial charge in [0.15, 0.2) is 5.69 Å². The third kappa shape index (κ3) is 3.68. The van der Waals surface area contributed by atoms with Gasteiger partial charge in [-0.3, -0.25) is 14.4 Å². The monoisotopic (exact) mass is 358 g/mol. The number of carbonyl (C=O) groups excluding carboxylic acids is 1. The molecule has 7 nitrogen and oxygen atoms in total. The number of nitrogens with zero attached hydrogens (tertiary/aromatic N) is 3. The normalized spacial score (nSPS) is 18.2. The molecule has 2 heterocycles. The van der Waals surface area contributed by atoms with Crippen LogP contribution in [0.2, 0.25) is 0 Å². The molecule has 0 bridgehead atoms. The largest absolute Gasteiger partial charge is 0.494 e. The molecule has 1 saturated carbocycles. The van der Waals surface area contributed by atoms with Crippen LogP contribution in [0.3, 0.4) is 0 Å². The minimum absolute atomic E-state index is 0.0970. The van der Waals surface area contributed by atoms with Gasteiger partial charge in [-0.25, -0.2) is 0 Å². The van der Waals surface area contributed by atoms with Crippen LogP contribution >= 0.6 is 0 Å². The highest BCUT2D eigenvalue weighted by atomic mass is 16.5. The summed E-state index contributed by atoms with van der Waals surface area (Å²) < 4.78 is 12.9. The summed E-state index contributed by atoms with van der Waals surface area (Å²) in [5.74, 6) is 1.29. The molecule has 0 spiro atoms. The summed E-state index contributed by atoms with van der Waals surface area (Å²) in [6.07, 6.45) is 2.42. The van der Waals surface area contributed by atoms with Crippen molar-refractivity contribution in [2.24, 2.45) is 5.92 Å². The maximum absolute atomic E-state index is 12.7. The average molecular weight is 358 g/mol. The molecule has 2 fully saturated rings. The fraction of sp³-hybridized carbons (Fsp3) is 0.579. The second kappa shape index (κ2) is 7.63. The van der Waals surface area contributed by atoms with E-state index in [1.54, 1.807) is 7.11 Å². The van der Waals surface area contributed by atoms with Crippen molar-refractivity contribution >= 4 is 16.8 Å². The zero-order valence-corrected chi connectivity index (χ0v) is 15.2. The SMILES string of the molecule is COc1cccc2c(C(=O)NCC3CC3)nn(CCN3CCOCC3)c12. The van der Waals surface area contributed by atoms with Crippen molar-refractivity contribution in [1.29, 1.82) is 0 Å². The molecule has 1 aliphatic carbocycles. The standard InChI is InChI=1S/C19H26N4O3/c1-25-16-4-2-3-15-17(19(24)20-13-14-5-6-14)21-23(18(15)16)8-7-22-9-11-26-12-10-22/h2-4,14H,5-13H2,1H3,(H,20,24). The van der Waals surface area contributed by atoms with Crippen molar-refractivity contribution in [3.8, 4) is 5.75 Å². The van der Waals surface area contributed by atoms with Crippen LogP contribution < -0.4 is 10.1 Å². The van der Waals surface area contributed by atoms with Crippen LogP contribution in [0.25, 0.3) is 10.9 Å². The van der Waals surface area contributed by atoms with Gasteiger partial charge in [-0.05, 0) is 24.8 Å². The van der Waals surface area contributed by atoms with Gasteiger partial charge in [-0.15, -0.1) is 0 Å². The van der Waals surface area contributed by atoms with Crippen LogP contribution in [0.15, 0.2) is 18.2 Å². The molecule has 26 heavy (non-hydrogen) atoms. The van der Waals surface area contributed by atoms with Crippen molar-refractivity contribution in [2.75, 3.05) is 46.5 Å². The lowest BCUT2D eigenvalue weighted by atomic mass is 10.2. The lowest BCUT2D eigenvalue weighted by Gasteiger charge is -2.26. The smallest absolute Gasteiger partial charge is 0.272 e. The Balaban J connectivity index is 1.58. The first-order valence-corrected chi connectivity index (χ1v) is 9.38. The summed E-state index contributed by atoms with van der Waals surface area (Å²) in [4.78, 5) is 15.0. The van der Waals surface area contributed by atoms with E-state index in [9.17, 15) is 4.79 Å². The minimum atomic E-state index is -0.0970. The number of methoxy groups -OCH3 is 1. The van der Waals surface area contributed by atoms with E-state index >= 15 is 0 Å². The summed E-state index contributed by atoms with van der Waals surface area (Å²) in [6, 6.07) is 5.77. The first-order valence-electron chi connectivity index (χ1n) is 9.38. The van der Waals surface area contributed by atoms with Crippen molar-refractivity contribution in [1.82, 2.24) is 20.0 Å². The van der Waals surface area contributed by atoms with Gasteiger partial charge < -0.3 is 14.8 Å². The number of ether oxygens (including phenoxy) is 2. The molecular formula is C19H26N4O3. The maximum atomic E-state index is 12.7. The van der Waals surface area contributed by atoms with Gasteiger partial charge in [0.05, 0.1) is 26.9 Å². The van der Waals surface area contributed by atoms with Gasteiger partial charge in [-0.2, -0.15) is 5.10 Å². The molecule has 4 rings (SSSR count). The Morgan fingerprint density at radius 3 is 2.85 bits per heavy atom. The number of rotatable bonds is 7. The second-order valence-corrected chi connectivity index (χ2v) is 7.04. The van der Waals surface area contributed by atoms with Crippen LogP contribution in [-0.4, -0.2) is 67.1 Å². The number of aromatic nitrogens is 2. The highest BCUT2D eigenvalue weighted by Gasteiger charge is 2.24. The Labute approximate surface area is 153 Å². The fourth-order valence-electron chi connectivity index (χ4n) is 3.40. The first-order chi connectivity index (χ1) is 12.8. The molecular weight excluding hydrogens is 332 g/mol. The summed E-state index contributed by atoms with van der Waals surface area (Å²) in [7, 11) is 1.65. The van der Waals surface area contributed by atoms with Crippen molar-refractivity contribution in [3.05, 3.63) is 23.9 Å². The number of carbonyl (C=O) groups is 1. The van der Waals surface area contributed by atoms with Gasteiger partial charge in [0.25, 0.3) is 5.91 Å². The molecule has 140 valence electrons. The molecule has 1 amide bonds. The zero-order chi connectivity index (χ0) is 17.9. The third-order valence-corrected chi connectivity index (χ3v) is 5.15. The van der Waals surface area contributed by atoms with Crippen molar-refractivity contribution < 1.29 is 14.3 Å². The number of amides is 1. The van der Waals surface area contributed by atoms with Crippen LogP contribution in [0, 0.1) is 5.92 Å². The minimum Gasteiger partial charge on any atom is -0.494 e. The number of benzene rings is 1. The highest BCUT2D eigenvalue weighted by Crippen LogP contribution is 2.29. The van der Waals surface area contributed by atoms with E-state index in [1.807, 2.05) is 22.9 Å². The Morgan fingerprint density at radius 2 is 2.12 bits per heavy atom. The molecule has 0 unspecified atom stereocenters. The molecule has 7 heteroatoms. The lowest BCUT2D eigenvalue weighted by molar-refractivity contribution is 0.0361. The molecule has 2 aliphatic rings. The number of fused-ring (bicyclic) bond motifs is 1. The first kappa shape index (κ1) is 17.3. The summed E-state index contributed by atoms with van der Waals surface area (Å²) in [5, 5.41) is 8.52. The third-order valence-electron chi connectivity index (χ3n) is 5.15. The number of hydrogen-bond donors (Lipinski definition) is 1. The van der Waals surface area contributed by atoms with Gasteiger partial charge in [0, 0.05) is 31.6 Å². The second-order valence-electron chi connectivity index (χ2n) is 7.04. The topological polar surface area (TPSA) is 68.6 Å². The molecule has 0 atom stereocenters. The predicted octanol–water partition coefficient (Wildman–Crippen LogP) is 1.52. The molecule has 2 aromatic rings. The van der Waals surface area contributed by atoms with E-state index in [1.165, 1.54) is 12.8 Å². The van der Waals surface area contributed by atoms with Crippen LogP contribution in [0.5, 0.6) is 5.75 Å². The van der Waals surface area contributed by atoms with Crippen molar-refractivity contribution in [3.63, 3.8) is 0 Å². The van der Waals surface area contributed by atoms with Gasteiger partial charge in [-0.1, -0.05) is 12.1 Å². The van der Waals surface area contributed by atoms with E-state index in [2.05, 4.69) is 15.3 Å². The average Bonchev–Trinajstić information content (AvgIpc) is 3.44. The Hall–Kier alpha value is -2.12. The Kier molecular flexibility index (Phi) is 5.08. The predicted molar refractivity (Wildman–Crippen MR) is 98.6 cm³/mol. The van der Waals surface area contributed by atoms with E-state index in [0.29, 0.717) is 18.2 Å². The summed E-state index contributed by atoms with van der Waals surface area (Å²) in [5.41, 5.74) is 1.38. The van der Waals surface area contributed by atoms with Crippen LogP contribution in [-0.2, 0) is 11.3 Å². The molecule has 1 saturated heterocycles. The zero-order valence-electron chi connectivity index (χ0n) is 15.2. The fourth-order valence-corrected chi connectivity index (χ4v) is 3.40. The van der Waals surface area contributed by atoms with E-state index < -0.39 is 0 Å². The van der Waals surface area contributed by atoms with E-state index in [4.69, 9.17) is 9.47 Å². The summed E-state index contributed by atoms with van der Waals surface area (Å²) >= 11 is 0. The molecule has 1 aromatic heterocycles. The Morgan fingerprint density at radius 1 is 1.31 bits per heavy atom. The highest BCUT2D eigenvalue weighted by molar-refractivity contribution is 6.06.